The van der Waals surface area contributed by atoms with Crippen molar-refractivity contribution >= 4 is 21.7 Å². The molecule has 0 aliphatic rings. The first-order valence-corrected chi connectivity index (χ1v) is 7.07. The molecular weight excluding hydrogens is 284 g/mol. The second-order valence-corrected chi connectivity index (χ2v) is 5.60. The van der Waals surface area contributed by atoms with E-state index in [1.165, 1.54) is 24.7 Å². The number of anilines is 1. The maximum absolute atomic E-state index is 11.2. The molecule has 0 unspecified atom stereocenters. The van der Waals surface area contributed by atoms with Gasteiger partial charge in [-0.25, -0.2) is 18.4 Å². The topological polar surface area (TPSA) is 123 Å². The fourth-order valence-corrected chi connectivity index (χ4v) is 2.16. The summed E-state index contributed by atoms with van der Waals surface area (Å²) in [6.45, 7) is 0.353. The van der Waals surface area contributed by atoms with Gasteiger partial charge in [-0.15, -0.1) is 0 Å². The maximum atomic E-state index is 11.2. The van der Waals surface area contributed by atoms with Crippen LogP contribution in [0.1, 0.15) is 15.9 Å². The number of benzene rings is 1. The number of rotatable bonds is 5. The predicted molar refractivity (Wildman–Crippen MR) is 70.8 cm³/mol. The fraction of sp³-hybridized carbons (Fsp3) is 0.0833. The first kappa shape index (κ1) is 14.1. The van der Waals surface area contributed by atoms with E-state index in [0.29, 0.717) is 12.2 Å². The van der Waals surface area contributed by atoms with Crippen molar-refractivity contribution in [3.05, 3.63) is 47.9 Å². The third-order valence-electron chi connectivity index (χ3n) is 2.61. The standard InChI is InChI=1S/C12H12N2O5S/c13-20(17,18)9-1-2-11(10(5-9)12(15)16)14-6-8-3-4-19-7-8/h1-5,7,14H,6H2,(H,15,16)(H2,13,17,18). The molecular formula is C12H12N2O5S. The van der Waals surface area contributed by atoms with Crippen LogP contribution in [0.4, 0.5) is 5.69 Å². The van der Waals surface area contributed by atoms with Crippen LogP contribution in [0.5, 0.6) is 0 Å². The minimum Gasteiger partial charge on any atom is -0.478 e. The van der Waals surface area contributed by atoms with Crippen molar-refractivity contribution < 1.29 is 22.7 Å². The van der Waals surface area contributed by atoms with Crippen LogP contribution < -0.4 is 10.5 Å². The summed E-state index contributed by atoms with van der Waals surface area (Å²) in [7, 11) is -3.94. The van der Waals surface area contributed by atoms with E-state index in [1.807, 2.05) is 0 Å². The third kappa shape index (κ3) is 3.16. The summed E-state index contributed by atoms with van der Waals surface area (Å²) in [6, 6.07) is 5.37. The zero-order valence-electron chi connectivity index (χ0n) is 10.2. The van der Waals surface area contributed by atoms with Crippen molar-refractivity contribution in [3.63, 3.8) is 0 Å². The van der Waals surface area contributed by atoms with Gasteiger partial charge in [0, 0.05) is 17.8 Å². The number of furan rings is 1. The molecule has 1 heterocycles. The molecule has 1 aromatic heterocycles. The molecule has 0 amide bonds. The van der Waals surface area contributed by atoms with Crippen LogP contribution in [0.25, 0.3) is 0 Å². The number of hydrogen-bond acceptors (Lipinski definition) is 5. The Labute approximate surface area is 115 Å². The Morgan fingerprint density at radius 2 is 2.10 bits per heavy atom. The summed E-state index contributed by atoms with van der Waals surface area (Å²) < 4.78 is 27.3. The zero-order valence-corrected chi connectivity index (χ0v) is 11.1. The summed E-state index contributed by atoms with van der Waals surface area (Å²) in [4.78, 5) is 10.9. The maximum Gasteiger partial charge on any atom is 0.337 e. The molecule has 0 radical (unpaired) electrons. The predicted octanol–water partition coefficient (Wildman–Crippen LogP) is 1.24. The Kier molecular flexibility index (Phi) is 3.77. The summed E-state index contributed by atoms with van der Waals surface area (Å²) >= 11 is 0. The van der Waals surface area contributed by atoms with E-state index in [0.717, 1.165) is 11.6 Å². The molecule has 2 rings (SSSR count). The van der Waals surface area contributed by atoms with Crippen LogP contribution in [0.2, 0.25) is 0 Å². The van der Waals surface area contributed by atoms with E-state index in [2.05, 4.69) is 5.32 Å². The van der Waals surface area contributed by atoms with E-state index < -0.39 is 16.0 Å². The minimum atomic E-state index is -3.94. The van der Waals surface area contributed by atoms with Crippen molar-refractivity contribution in [1.82, 2.24) is 0 Å². The lowest BCUT2D eigenvalue weighted by Gasteiger charge is -2.10. The van der Waals surface area contributed by atoms with Gasteiger partial charge >= 0.3 is 5.97 Å². The Hall–Kier alpha value is -2.32. The number of nitrogens with two attached hydrogens (primary N) is 1. The van der Waals surface area contributed by atoms with Crippen LogP contribution in [0.15, 0.2) is 46.1 Å². The molecule has 106 valence electrons. The Bertz CT molecular complexity index is 722. The van der Waals surface area contributed by atoms with Crippen molar-refractivity contribution in [3.8, 4) is 0 Å². The Morgan fingerprint density at radius 3 is 2.65 bits per heavy atom. The van der Waals surface area contributed by atoms with Crippen LogP contribution in [0, 0.1) is 0 Å². The van der Waals surface area contributed by atoms with Crippen molar-refractivity contribution in [2.75, 3.05) is 5.32 Å². The van der Waals surface area contributed by atoms with Gasteiger partial charge in [-0.05, 0) is 24.3 Å². The summed E-state index contributed by atoms with van der Waals surface area (Å²) in [6.07, 6.45) is 3.02. The number of carbonyl (C=O) groups is 1. The second kappa shape index (κ2) is 5.35. The smallest absolute Gasteiger partial charge is 0.337 e. The molecule has 1 aromatic carbocycles. The average molecular weight is 296 g/mol. The van der Waals surface area contributed by atoms with Crippen molar-refractivity contribution in [2.45, 2.75) is 11.4 Å². The Morgan fingerprint density at radius 1 is 1.35 bits per heavy atom. The molecule has 0 atom stereocenters. The van der Waals surface area contributed by atoms with Gasteiger partial charge in [-0.2, -0.15) is 0 Å². The first-order valence-electron chi connectivity index (χ1n) is 5.53. The highest BCUT2D eigenvalue weighted by molar-refractivity contribution is 7.89. The second-order valence-electron chi connectivity index (χ2n) is 4.04. The summed E-state index contributed by atoms with van der Waals surface area (Å²) in [5.74, 6) is -1.25. The summed E-state index contributed by atoms with van der Waals surface area (Å²) in [5.41, 5.74) is 0.961. The monoisotopic (exact) mass is 296 g/mol. The number of hydrogen-bond donors (Lipinski definition) is 3. The van der Waals surface area contributed by atoms with E-state index in [-0.39, 0.29) is 10.5 Å². The molecule has 0 aliphatic carbocycles. The average Bonchev–Trinajstić information content (AvgIpc) is 2.88. The van der Waals surface area contributed by atoms with E-state index in [4.69, 9.17) is 14.7 Å². The normalized spacial score (nSPS) is 11.2. The molecule has 0 bridgehead atoms. The minimum absolute atomic E-state index is 0.167. The molecule has 0 spiro atoms. The van der Waals surface area contributed by atoms with Crippen LogP contribution in [0.3, 0.4) is 0 Å². The Balaban J connectivity index is 2.31. The quantitative estimate of drug-likeness (QED) is 0.762. The molecule has 2 aromatic rings. The number of carboxylic acids is 1. The van der Waals surface area contributed by atoms with Crippen molar-refractivity contribution in [2.24, 2.45) is 5.14 Å². The molecule has 0 aliphatic heterocycles. The number of aromatic carboxylic acids is 1. The first-order chi connectivity index (χ1) is 9.38. The lowest BCUT2D eigenvalue weighted by Crippen LogP contribution is -2.14. The molecule has 0 fully saturated rings. The zero-order chi connectivity index (χ0) is 14.8. The number of sulfonamides is 1. The van der Waals surface area contributed by atoms with Gasteiger partial charge in [0.05, 0.1) is 23.0 Å². The molecule has 7 nitrogen and oxygen atoms in total. The van der Waals surface area contributed by atoms with Crippen LogP contribution in [-0.4, -0.2) is 19.5 Å². The van der Waals surface area contributed by atoms with Gasteiger partial charge in [0.1, 0.15) is 0 Å². The largest absolute Gasteiger partial charge is 0.478 e. The van der Waals surface area contributed by atoms with Crippen LogP contribution in [-0.2, 0) is 16.6 Å². The highest BCUT2D eigenvalue weighted by atomic mass is 32.2. The van der Waals surface area contributed by atoms with Gasteiger partial charge in [0.15, 0.2) is 0 Å². The highest BCUT2D eigenvalue weighted by Crippen LogP contribution is 2.20. The lowest BCUT2D eigenvalue weighted by molar-refractivity contribution is 0.0697. The number of primary sulfonamides is 1. The molecule has 4 N–H and O–H groups in total. The lowest BCUT2D eigenvalue weighted by atomic mass is 10.1. The van der Waals surface area contributed by atoms with Gasteiger partial charge in [-0.1, -0.05) is 0 Å². The fourth-order valence-electron chi connectivity index (χ4n) is 1.62. The number of nitrogens with one attached hydrogen (secondary N) is 1. The van der Waals surface area contributed by atoms with Crippen molar-refractivity contribution in [1.29, 1.82) is 0 Å². The molecule has 8 heteroatoms. The third-order valence-corrected chi connectivity index (χ3v) is 3.52. The van der Waals surface area contributed by atoms with Gasteiger partial charge in [-0.3, -0.25) is 0 Å². The van der Waals surface area contributed by atoms with E-state index >= 15 is 0 Å². The highest BCUT2D eigenvalue weighted by Gasteiger charge is 2.15. The van der Waals surface area contributed by atoms with E-state index in [1.54, 1.807) is 6.07 Å². The van der Waals surface area contributed by atoms with Gasteiger partial charge < -0.3 is 14.8 Å². The van der Waals surface area contributed by atoms with E-state index in [9.17, 15) is 13.2 Å². The summed E-state index contributed by atoms with van der Waals surface area (Å²) in [5, 5.41) is 17.0. The molecule has 20 heavy (non-hydrogen) atoms. The molecule has 0 saturated carbocycles. The molecule has 0 saturated heterocycles. The van der Waals surface area contributed by atoms with Gasteiger partial charge in [0.2, 0.25) is 10.0 Å². The van der Waals surface area contributed by atoms with Gasteiger partial charge in [0.25, 0.3) is 0 Å². The number of carboxylic acid groups (broad SMARTS) is 1. The SMILES string of the molecule is NS(=O)(=O)c1ccc(NCc2ccoc2)c(C(=O)O)c1. The van der Waals surface area contributed by atoms with Crippen LogP contribution >= 0.6 is 0 Å².